The van der Waals surface area contributed by atoms with Gasteiger partial charge in [0.15, 0.2) is 6.61 Å². The molecule has 1 unspecified atom stereocenters. The smallest absolute Gasteiger partial charge is 0.258 e. The van der Waals surface area contributed by atoms with Gasteiger partial charge in [0.05, 0.1) is 0 Å². The molecule has 0 heterocycles. The normalized spacial score (nSPS) is 12.0. The van der Waals surface area contributed by atoms with E-state index in [1.165, 1.54) is 5.56 Å². The summed E-state index contributed by atoms with van der Waals surface area (Å²) in [6.45, 7) is 6.76. The van der Waals surface area contributed by atoms with Crippen LogP contribution in [0.4, 0.5) is 0 Å². The first-order chi connectivity index (χ1) is 9.56. The van der Waals surface area contributed by atoms with E-state index in [1.807, 2.05) is 26.0 Å². The zero-order chi connectivity index (χ0) is 15.0. The van der Waals surface area contributed by atoms with Crippen molar-refractivity contribution < 1.29 is 9.53 Å². The lowest BCUT2D eigenvalue weighted by atomic mass is 10.1. The van der Waals surface area contributed by atoms with Crippen LogP contribution >= 0.6 is 0 Å². The van der Waals surface area contributed by atoms with Crippen LogP contribution in [-0.2, 0) is 11.2 Å². The summed E-state index contributed by atoms with van der Waals surface area (Å²) in [4.78, 5) is 11.8. The molecule has 0 bridgehead atoms. The number of aryl methyl sites for hydroxylation is 1. The maximum absolute atomic E-state index is 11.8. The third-order valence-corrected chi connectivity index (χ3v) is 3.12. The van der Waals surface area contributed by atoms with Crippen molar-refractivity contribution >= 4 is 5.91 Å². The number of hydrogen-bond donors (Lipinski definition) is 2. The van der Waals surface area contributed by atoms with Crippen molar-refractivity contribution in [3.05, 3.63) is 29.3 Å². The monoisotopic (exact) mass is 278 g/mol. The van der Waals surface area contributed by atoms with E-state index in [9.17, 15) is 4.79 Å². The Morgan fingerprint density at radius 2 is 2.20 bits per heavy atom. The van der Waals surface area contributed by atoms with Gasteiger partial charge in [-0.05, 0) is 44.9 Å². The van der Waals surface area contributed by atoms with Crippen LogP contribution in [0.2, 0.25) is 0 Å². The Bertz CT molecular complexity index is 432. The fourth-order valence-corrected chi connectivity index (χ4v) is 2.16. The van der Waals surface area contributed by atoms with E-state index in [4.69, 9.17) is 10.5 Å². The predicted octanol–water partition coefficient (Wildman–Crippen LogP) is 2.18. The number of ether oxygens (including phenoxy) is 1. The Labute approximate surface area is 121 Å². The number of carbonyl (C=O) groups excluding carboxylic acids is 1. The molecule has 0 aliphatic heterocycles. The maximum Gasteiger partial charge on any atom is 0.258 e. The van der Waals surface area contributed by atoms with Crippen molar-refractivity contribution in [2.45, 2.75) is 46.1 Å². The Kier molecular flexibility index (Phi) is 7.09. The minimum atomic E-state index is -0.0785. The van der Waals surface area contributed by atoms with Gasteiger partial charge in [0.2, 0.25) is 0 Å². The van der Waals surface area contributed by atoms with Gasteiger partial charge in [0, 0.05) is 6.04 Å². The zero-order valence-electron chi connectivity index (χ0n) is 12.7. The van der Waals surface area contributed by atoms with Gasteiger partial charge in [-0.1, -0.05) is 31.0 Å². The van der Waals surface area contributed by atoms with E-state index >= 15 is 0 Å². The quantitative estimate of drug-likeness (QED) is 0.766. The Morgan fingerprint density at radius 3 is 2.85 bits per heavy atom. The van der Waals surface area contributed by atoms with Crippen LogP contribution in [0.1, 0.15) is 37.8 Å². The molecule has 1 rings (SSSR count). The molecule has 0 radical (unpaired) electrons. The van der Waals surface area contributed by atoms with Crippen molar-refractivity contribution in [3.8, 4) is 5.75 Å². The topological polar surface area (TPSA) is 64.3 Å². The Balaban J connectivity index is 2.54. The minimum Gasteiger partial charge on any atom is -0.483 e. The highest BCUT2D eigenvalue weighted by molar-refractivity contribution is 5.77. The summed E-state index contributed by atoms with van der Waals surface area (Å²) in [6, 6.07) is 6.13. The van der Waals surface area contributed by atoms with Gasteiger partial charge in [0.1, 0.15) is 5.75 Å². The van der Waals surface area contributed by atoms with Crippen LogP contribution in [0.25, 0.3) is 0 Å². The molecule has 0 aromatic heterocycles. The van der Waals surface area contributed by atoms with Crippen molar-refractivity contribution in [2.75, 3.05) is 13.2 Å². The molecule has 4 nitrogen and oxygen atoms in total. The second-order valence-corrected chi connectivity index (χ2v) is 5.20. The van der Waals surface area contributed by atoms with E-state index in [0.29, 0.717) is 6.54 Å². The SMILES string of the molecule is CCCC(C)NC(=O)COc1ccc(C)cc1CCN. The largest absolute Gasteiger partial charge is 0.483 e. The summed E-state index contributed by atoms with van der Waals surface area (Å²) in [6.07, 6.45) is 2.79. The highest BCUT2D eigenvalue weighted by Crippen LogP contribution is 2.20. The van der Waals surface area contributed by atoms with Crippen LogP contribution in [0.5, 0.6) is 5.75 Å². The van der Waals surface area contributed by atoms with Gasteiger partial charge in [-0.2, -0.15) is 0 Å². The minimum absolute atomic E-state index is 0.0503. The number of amides is 1. The van der Waals surface area contributed by atoms with Crippen molar-refractivity contribution in [2.24, 2.45) is 5.73 Å². The lowest BCUT2D eigenvalue weighted by molar-refractivity contribution is -0.123. The van der Waals surface area contributed by atoms with Gasteiger partial charge < -0.3 is 15.8 Å². The molecule has 4 heteroatoms. The van der Waals surface area contributed by atoms with E-state index in [-0.39, 0.29) is 18.6 Å². The van der Waals surface area contributed by atoms with Gasteiger partial charge in [-0.25, -0.2) is 0 Å². The molecule has 0 aliphatic carbocycles. The van der Waals surface area contributed by atoms with Crippen LogP contribution in [0.15, 0.2) is 18.2 Å². The first kappa shape index (κ1) is 16.5. The standard InChI is InChI=1S/C16H26N2O2/c1-4-5-13(3)18-16(19)11-20-15-7-6-12(2)10-14(15)8-9-17/h6-7,10,13H,4-5,8-9,11,17H2,1-3H3,(H,18,19). The summed E-state index contributed by atoms with van der Waals surface area (Å²) in [5.41, 5.74) is 7.83. The molecule has 1 aromatic carbocycles. The van der Waals surface area contributed by atoms with Gasteiger partial charge >= 0.3 is 0 Å². The number of nitrogens with one attached hydrogen (secondary N) is 1. The highest BCUT2D eigenvalue weighted by atomic mass is 16.5. The number of rotatable bonds is 8. The van der Waals surface area contributed by atoms with Gasteiger partial charge in [-0.3, -0.25) is 4.79 Å². The maximum atomic E-state index is 11.8. The second-order valence-electron chi connectivity index (χ2n) is 5.20. The molecule has 112 valence electrons. The van der Waals surface area contributed by atoms with Gasteiger partial charge in [0.25, 0.3) is 5.91 Å². The molecule has 1 aromatic rings. The number of hydrogen-bond acceptors (Lipinski definition) is 3. The number of benzene rings is 1. The van der Waals surface area contributed by atoms with E-state index in [1.54, 1.807) is 0 Å². The van der Waals surface area contributed by atoms with Crippen molar-refractivity contribution in [1.29, 1.82) is 0 Å². The molecule has 1 amide bonds. The fourth-order valence-electron chi connectivity index (χ4n) is 2.16. The molecule has 0 saturated heterocycles. The molecule has 0 saturated carbocycles. The zero-order valence-corrected chi connectivity index (χ0v) is 12.7. The lowest BCUT2D eigenvalue weighted by Crippen LogP contribution is -2.36. The lowest BCUT2D eigenvalue weighted by Gasteiger charge is -2.15. The van der Waals surface area contributed by atoms with E-state index in [0.717, 1.165) is 30.6 Å². The van der Waals surface area contributed by atoms with Crippen LogP contribution in [0, 0.1) is 6.92 Å². The van der Waals surface area contributed by atoms with Crippen LogP contribution < -0.4 is 15.8 Å². The molecule has 3 N–H and O–H groups in total. The summed E-state index contributed by atoms with van der Waals surface area (Å²) >= 11 is 0. The predicted molar refractivity (Wildman–Crippen MR) is 81.9 cm³/mol. The van der Waals surface area contributed by atoms with Crippen LogP contribution in [-0.4, -0.2) is 25.1 Å². The molecule has 0 aliphatic rings. The van der Waals surface area contributed by atoms with Crippen LogP contribution in [0.3, 0.4) is 0 Å². The summed E-state index contributed by atoms with van der Waals surface area (Å²) in [7, 11) is 0. The first-order valence-electron chi connectivity index (χ1n) is 7.28. The average Bonchev–Trinajstić information content (AvgIpc) is 2.38. The summed E-state index contributed by atoms with van der Waals surface area (Å²) < 4.78 is 5.62. The Morgan fingerprint density at radius 1 is 1.45 bits per heavy atom. The van der Waals surface area contributed by atoms with E-state index in [2.05, 4.69) is 18.3 Å². The summed E-state index contributed by atoms with van der Waals surface area (Å²) in [5, 5.41) is 2.93. The van der Waals surface area contributed by atoms with Gasteiger partial charge in [-0.15, -0.1) is 0 Å². The molecule has 1 atom stereocenters. The molecular weight excluding hydrogens is 252 g/mol. The third-order valence-electron chi connectivity index (χ3n) is 3.12. The number of carbonyl (C=O) groups is 1. The third kappa shape index (κ3) is 5.61. The van der Waals surface area contributed by atoms with Crippen molar-refractivity contribution in [3.63, 3.8) is 0 Å². The average molecular weight is 278 g/mol. The molecular formula is C16H26N2O2. The van der Waals surface area contributed by atoms with Crippen molar-refractivity contribution in [1.82, 2.24) is 5.32 Å². The second kappa shape index (κ2) is 8.59. The summed E-state index contributed by atoms with van der Waals surface area (Å²) in [5.74, 6) is 0.671. The Hall–Kier alpha value is -1.55. The van der Waals surface area contributed by atoms with E-state index < -0.39 is 0 Å². The highest BCUT2D eigenvalue weighted by Gasteiger charge is 2.09. The fraction of sp³-hybridized carbons (Fsp3) is 0.562. The molecule has 0 fully saturated rings. The molecule has 20 heavy (non-hydrogen) atoms. The number of nitrogens with two attached hydrogens (primary N) is 1. The molecule has 0 spiro atoms. The first-order valence-corrected chi connectivity index (χ1v) is 7.28.